The Morgan fingerprint density at radius 1 is 1.24 bits per heavy atom. The highest BCUT2D eigenvalue weighted by molar-refractivity contribution is 9.10. The van der Waals surface area contributed by atoms with Crippen molar-refractivity contribution < 1.29 is 14.3 Å². The predicted octanol–water partition coefficient (Wildman–Crippen LogP) is 3.24. The second-order valence-corrected chi connectivity index (χ2v) is 6.72. The predicted molar refractivity (Wildman–Crippen MR) is 70.2 cm³/mol. The van der Waals surface area contributed by atoms with E-state index in [1.54, 1.807) is 20.8 Å². The quantitative estimate of drug-likeness (QED) is 0.455. The van der Waals surface area contributed by atoms with Gasteiger partial charge in [0.1, 0.15) is 5.41 Å². The summed E-state index contributed by atoms with van der Waals surface area (Å²) in [5, 5.41) is 0. The third-order valence-electron chi connectivity index (χ3n) is 3.41. The minimum absolute atomic E-state index is 0.0387. The van der Waals surface area contributed by atoms with Gasteiger partial charge in [0.2, 0.25) is 0 Å². The van der Waals surface area contributed by atoms with Crippen molar-refractivity contribution in [1.29, 1.82) is 0 Å². The van der Waals surface area contributed by atoms with Crippen LogP contribution in [0.5, 0.6) is 0 Å². The average molecular weight is 305 g/mol. The number of carbonyl (C=O) groups excluding carboxylic acids is 2. The molecule has 17 heavy (non-hydrogen) atoms. The van der Waals surface area contributed by atoms with E-state index >= 15 is 0 Å². The summed E-state index contributed by atoms with van der Waals surface area (Å²) in [5.74, 6) is -0.461. The maximum absolute atomic E-state index is 12.5. The standard InChI is InChI=1S/C13H21BrO3/c1-4-17-11(16)12(2,3)10(15)13(14)8-6-5-7-9-13/h4-9H2,1-3H3. The highest BCUT2D eigenvalue weighted by Gasteiger charge is 2.48. The van der Waals surface area contributed by atoms with Gasteiger partial charge in [0.05, 0.1) is 10.9 Å². The first-order valence-corrected chi connectivity index (χ1v) is 7.05. The Balaban J connectivity index is 2.83. The molecule has 1 rings (SSSR count). The Morgan fingerprint density at radius 2 is 1.76 bits per heavy atom. The number of ether oxygens (including phenoxy) is 1. The molecule has 98 valence electrons. The van der Waals surface area contributed by atoms with Crippen LogP contribution >= 0.6 is 15.9 Å². The zero-order valence-corrected chi connectivity index (χ0v) is 12.4. The minimum Gasteiger partial charge on any atom is -0.465 e. The molecule has 0 unspecified atom stereocenters. The summed E-state index contributed by atoms with van der Waals surface area (Å²) in [6, 6.07) is 0. The lowest BCUT2D eigenvalue weighted by Crippen LogP contribution is -2.47. The normalized spacial score (nSPS) is 19.8. The van der Waals surface area contributed by atoms with Gasteiger partial charge in [0.15, 0.2) is 5.78 Å². The lowest BCUT2D eigenvalue weighted by atomic mass is 9.75. The van der Waals surface area contributed by atoms with E-state index < -0.39 is 15.7 Å². The zero-order chi connectivity index (χ0) is 13.1. The number of alkyl halides is 1. The van der Waals surface area contributed by atoms with Gasteiger partial charge in [-0.1, -0.05) is 35.2 Å². The highest BCUT2D eigenvalue weighted by Crippen LogP contribution is 2.41. The number of hydrogen-bond donors (Lipinski definition) is 0. The molecule has 4 heteroatoms. The first kappa shape index (κ1) is 14.7. The van der Waals surface area contributed by atoms with E-state index in [1.165, 1.54) is 6.42 Å². The Hall–Kier alpha value is -0.380. The smallest absolute Gasteiger partial charge is 0.319 e. The molecule has 0 aliphatic heterocycles. The van der Waals surface area contributed by atoms with E-state index in [0.29, 0.717) is 6.61 Å². The molecular formula is C13H21BrO3. The van der Waals surface area contributed by atoms with E-state index in [0.717, 1.165) is 25.7 Å². The molecule has 0 aromatic rings. The first-order valence-electron chi connectivity index (χ1n) is 6.25. The Labute approximate surface area is 111 Å². The summed E-state index contributed by atoms with van der Waals surface area (Å²) in [4.78, 5) is 24.3. The lowest BCUT2D eigenvalue weighted by Gasteiger charge is -2.35. The van der Waals surface area contributed by atoms with Crippen LogP contribution in [0.25, 0.3) is 0 Å². The van der Waals surface area contributed by atoms with Gasteiger partial charge in [-0.15, -0.1) is 0 Å². The van der Waals surface area contributed by atoms with Crippen LogP contribution in [0.2, 0.25) is 0 Å². The maximum atomic E-state index is 12.5. The Bertz CT molecular complexity index is 304. The van der Waals surface area contributed by atoms with Crippen LogP contribution in [0.15, 0.2) is 0 Å². The van der Waals surface area contributed by atoms with Gasteiger partial charge in [-0.3, -0.25) is 9.59 Å². The molecule has 0 N–H and O–H groups in total. The zero-order valence-electron chi connectivity index (χ0n) is 10.8. The van der Waals surface area contributed by atoms with Crippen molar-refractivity contribution in [3.05, 3.63) is 0 Å². The molecule has 0 amide bonds. The molecule has 0 heterocycles. The molecule has 0 spiro atoms. The number of rotatable bonds is 4. The average Bonchev–Trinajstić information content (AvgIpc) is 2.29. The number of carbonyl (C=O) groups is 2. The van der Waals surface area contributed by atoms with Crippen LogP contribution in [0, 0.1) is 5.41 Å². The van der Waals surface area contributed by atoms with Crippen molar-refractivity contribution in [2.24, 2.45) is 5.41 Å². The first-order chi connectivity index (χ1) is 7.84. The van der Waals surface area contributed by atoms with Gasteiger partial charge in [-0.25, -0.2) is 0 Å². The molecule has 0 aromatic heterocycles. The molecule has 1 fully saturated rings. The Kier molecular flexibility index (Phi) is 4.76. The van der Waals surface area contributed by atoms with Crippen molar-refractivity contribution in [1.82, 2.24) is 0 Å². The summed E-state index contributed by atoms with van der Waals surface area (Å²) < 4.78 is 4.46. The molecule has 1 aliphatic carbocycles. The van der Waals surface area contributed by atoms with Crippen LogP contribution in [-0.4, -0.2) is 22.7 Å². The summed E-state index contributed by atoms with van der Waals surface area (Å²) in [7, 11) is 0. The molecule has 1 aliphatic rings. The highest BCUT2D eigenvalue weighted by atomic mass is 79.9. The van der Waals surface area contributed by atoms with Gasteiger partial charge in [-0.05, 0) is 33.6 Å². The van der Waals surface area contributed by atoms with Crippen molar-refractivity contribution in [3.63, 3.8) is 0 Å². The minimum atomic E-state index is -1.06. The molecule has 3 nitrogen and oxygen atoms in total. The second kappa shape index (κ2) is 5.51. The van der Waals surface area contributed by atoms with Gasteiger partial charge >= 0.3 is 5.97 Å². The monoisotopic (exact) mass is 304 g/mol. The fourth-order valence-electron chi connectivity index (χ4n) is 2.30. The number of ketones is 1. The van der Waals surface area contributed by atoms with Crippen molar-refractivity contribution in [3.8, 4) is 0 Å². The van der Waals surface area contributed by atoms with Crippen LogP contribution in [0.1, 0.15) is 52.9 Å². The Morgan fingerprint density at radius 3 is 2.24 bits per heavy atom. The van der Waals surface area contributed by atoms with Gasteiger partial charge in [0.25, 0.3) is 0 Å². The molecule has 0 aromatic carbocycles. The number of hydrogen-bond acceptors (Lipinski definition) is 3. The topological polar surface area (TPSA) is 43.4 Å². The van der Waals surface area contributed by atoms with Crippen molar-refractivity contribution >= 4 is 27.7 Å². The lowest BCUT2D eigenvalue weighted by molar-refractivity contribution is -0.158. The van der Waals surface area contributed by atoms with Crippen LogP contribution in [-0.2, 0) is 14.3 Å². The van der Waals surface area contributed by atoms with E-state index in [4.69, 9.17) is 4.74 Å². The largest absolute Gasteiger partial charge is 0.465 e. The summed E-state index contributed by atoms with van der Waals surface area (Å²) in [5.41, 5.74) is -1.06. The van der Waals surface area contributed by atoms with E-state index in [1.807, 2.05) is 0 Å². The van der Waals surface area contributed by atoms with Crippen molar-refractivity contribution in [2.45, 2.75) is 57.2 Å². The van der Waals surface area contributed by atoms with E-state index in [9.17, 15) is 9.59 Å². The molecule has 0 atom stereocenters. The molecular weight excluding hydrogens is 284 g/mol. The van der Waals surface area contributed by atoms with Gasteiger partial charge in [0, 0.05) is 0 Å². The van der Waals surface area contributed by atoms with E-state index in [2.05, 4.69) is 15.9 Å². The van der Waals surface area contributed by atoms with Gasteiger partial charge in [-0.2, -0.15) is 0 Å². The second-order valence-electron chi connectivity index (χ2n) is 5.20. The van der Waals surface area contributed by atoms with E-state index in [-0.39, 0.29) is 5.78 Å². The SMILES string of the molecule is CCOC(=O)C(C)(C)C(=O)C1(Br)CCCCC1. The molecule has 0 bridgehead atoms. The fraction of sp³-hybridized carbons (Fsp3) is 0.846. The van der Waals surface area contributed by atoms with Crippen molar-refractivity contribution in [2.75, 3.05) is 6.61 Å². The van der Waals surface area contributed by atoms with Crippen LogP contribution < -0.4 is 0 Å². The van der Waals surface area contributed by atoms with Crippen LogP contribution in [0.3, 0.4) is 0 Å². The third kappa shape index (κ3) is 3.09. The summed E-state index contributed by atoms with van der Waals surface area (Å²) in [6.07, 6.45) is 4.87. The summed E-state index contributed by atoms with van der Waals surface area (Å²) >= 11 is 3.56. The number of halogens is 1. The third-order valence-corrected chi connectivity index (χ3v) is 4.56. The molecule has 0 radical (unpaired) electrons. The molecule has 0 saturated heterocycles. The van der Waals surface area contributed by atoms with Crippen LogP contribution in [0.4, 0.5) is 0 Å². The number of esters is 1. The number of Topliss-reactive ketones (excluding diaryl/α,β-unsaturated/α-hetero) is 1. The summed E-state index contributed by atoms with van der Waals surface area (Å²) in [6.45, 7) is 5.38. The fourth-order valence-corrected chi connectivity index (χ4v) is 3.36. The van der Waals surface area contributed by atoms with Gasteiger partial charge < -0.3 is 4.74 Å². The maximum Gasteiger partial charge on any atom is 0.319 e. The molecule has 1 saturated carbocycles.